The lowest BCUT2D eigenvalue weighted by Crippen LogP contribution is -2.29. The summed E-state index contributed by atoms with van der Waals surface area (Å²) in [6, 6.07) is 1.72. The van der Waals surface area contributed by atoms with E-state index in [1.165, 1.54) is 12.8 Å². The molecule has 0 radical (unpaired) electrons. The Kier molecular flexibility index (Phi) is 4.18. The third kappa shape index (κ3) is 4.08. The lowest BCUT2D eigenvalue weighted by Gasteiger charge is -2.09. The molecule has 1 amide bonds. The SMILES string of the molecule is CC1(CNC(=O)c2cncc(C#CCCO)c2)CC1. The molecule has 100 valence electrons. The van der Waals surface area contributed by atoms with Crippen LogP contribution >= 0.6 is 0 Å². The summed E-state index contributed by atoms with van der Waals surface area (Å²) < 4.78 is 0. The van der Waals surface area contributed by atoms with Crippen molar-refractivity contribution in [3.8, 4) is 11.8 Å². The maximum atomic E-state index is 12.0. The van der Waals surface area contributed by atoms with Gasteiger partial charge in [0.05, 0.1) is 12.2 Å². The molecule has 1 aromatic heterocycles. The van der Waals surface area contributed by atoms with E-state index >= 15 is 0 Å². The molecule has 4 nitrogen and oxygen atoms in total. The number of carbonyl (C=O) groups is 1. The van der Waals surface area contributed by atoms with Crippen molar-refractivity contribution in [3.63, 3.8) is 0 Å². The first-order valence-electron chi connectivity index (χ1n) is 6.46. The van der Waals surface area contributed by atoms with Gasteiger partial charge in [-0.05, 0) is 24.3 Å². The van der Waals surface area contributed by atoms with Crippen LogP contribution in [0.3, 0.4) is 0 Å². The number of amides is 1. The molecular formula is C15H18N2O2. The van der Waals surface area contributed by atoms with Gasteiger partial charge in [-0.15, -0.1) is 0 Å². The minimum Gasteiger partial charge on any atom is -0.395 e. The summed E-state index contributed by atoms with van der Waals surface area (Å²) in [7, 11) is 0. The Hall–Kier alpha value is -1.86. The highest BCUT2D eigenvalue weighted by Gasteiger charge is 2.37. The van der Waals surface area contributed by atoms with Gasteiger partial charge in [-0.2, -0.15) is 0 Å². The molecule has 1 aliphatic carbocycles. The monoisotopic (exact) mass is 258 g/mol. The summed E-state index contributed by atoms with van der Waals surface area (Å²) in [6.45, 7) is 2.92. The third-order valence-corrected chi connectivity index (χ3v) is 3.25. The lowest BCUT2D eigenvalue weighted by molar-refractivity contribution is 0.0945. The van der Waals surface area contributed by atoms with Gasteiger partial charge in [0.15, 0.2) is 0 Å². The van der Waals surface area contributed by atoms with Crippen molar-refractivity contribution in [1.29, 1.82) is 0 Å². The second kappa shape index (κ2) is 5.85. The van der Waals surface area contributed by atoms with E-state index in [1.54, 1.807) is 18.5 Å². The largest absolute Gasteiger partial charge is 0.395 e. The maximum absolute atomic E-state index is 12.0. The highest BCUT2D eigenvalue weighted by molar-refractivity contribution is 5.94. The Bertz CT molecular complexity index is 524. The average Bonchev–Trinajstić information content (AvgIpc) is 3.15. The van der Waals surface area contributed by atoms with Gasteiger partial charge in [0.1, 0.15) is 0 Å². The predicted molar refractivity (Wildman–Crippen MR) is 72.5 cm³/mol. The number of aliphatic hydroxyl groups is 1. The molecule has 1 fully saturated rings. The van der Waals surface area contributed by atoms with Crippen LogP contribution in [0.25, 0.3) is 0 Å². The summed E-state index contributed by atoms with van der Waals surface area (Å²) in [6.07, 6.45) is 5.94. The number of carbonyl (C=O) groups excluding carboxylic acids is 1. The Labute approximate surface area is 113 Å². The third-order valence-electron chi connectivity index (χ3n) is 3.25. The number of hydrogen-bond acceptors (Lipinski definition) is 3. The molecule has 0 unspecified atom stereocenters. The number of aliphatic hydroxyl groups excluding tert-OH is 1. The van der Waals surface area contributed by atoms with Gasteiger partial charge >= 0.3 is 0 Å². The van der Waals surface area contributed by atoms with Crippen molar-refractivity contribution >= 4 is 5.91 Å². The van der Waals surface area contributed by atoms with Crippen molar-refractivity contribution < 1.29 is 9.90 Å². The molecule has 0 aromatic carbocycles. The Morgan fingerprint density at radius 3 is 3.00 bits per heavy atom. The summed E-state index contributed by atoms with van der Waals surface area (Å²) in [5, 5.41) is 11.6. The first kappa shape index (κ1) is 13.6. The molecule has 1 aromatic rings. The van der Waals surface area contributed by atoms with Crippen LogP contribution in [-0.2, 0) is 0 Å². The van der Waals surface area contributed by atoms with Crippen LogP contribution in [0.2, 0.25) is 0 Å². The molecule has 0 spiro atoms. The summed E-state index contributed by atoms with van der Waals surface area (Å²) in [5.74, 6) is 5.58. The number of pyridine rings is 1. The minimum absolute atomic E-state index is 0.0409. The van der Waals surface area contributed by atoms with Crippen molar-refractivity contribution in [3.05, 3.63) is 29.6 Å². The molecule has 19 heavy (non-hydrogen) atoms. The lowest BCUT2D eigenvalue weighted by atomic mass is 10.1. The van der Waals surface area contributed by atoms with E-state index in [-0.39, 0.29) is 12.5 Å². The Morgan fingerprint density at radius 2 is 2.32 bits per heavy atom. The number of aromatic nitrogens is 1. The second-order valence-corrected chi connectivity index (χ2v) is 5.23. The van der Waals surface area contributed by atoms with Crippen LogP contribution in [0.4, 0.5) is 0 Å². The van der Waals surface area contributed by atoms with E-state index in [4.69, 9.17) is 5.11 Å². The van der Waals surface area contributed by atoms with Crippen molar-refractivity contribution in [2.75, 3.05) is 13.2 Å². The highest BCUT2D eigenvalue weighted by atomic mass is 16.2. The van der Waals surface area contributed by atoms with E-state index in [1.807, 2.05) is 0 Å². The zero-order valence-electron chi connectivity index (χ0n) is 11.1. The quantitative estimate of drug-likeness (QED) is 0.801. The zero-order valence-corrected chi connectivity index (χ0v) is 11.1. The molecule has 0 saturated heterocycles. The van der Waals surface area contributed by atoms with Crippen molar-refractivity contribution in [2.45, 2.75) is 26.2 Å². The summed E-state index contributed by atoms with van der Waals surface area (Å²) >= 11 is 0. The Balaban J connectivity index is 1.97. The van der Waals surface area contributed by atoms with Crippen LogP contribution in [-0.4, -0.2) is 29.1 Å². The van der Waals surface area contributed by atoms with Crippen LogP contribution in [0, 0.1) is 17.3 Å². The van der Waals surface area contributed by atoms with Crippen LogP contribution in [0.15, 0.2) is 18.5 Å². The van der Waals surface area contributed by atoms with Crippen molar-refractivity contribution in [2.24, 2.45) is 5.41 Å². The van der Waals surface area contributed by atoms with E-state index < -0.39 is 0 Å². The van der Waals surface area contributed by atoms with Crippen molar-refractivity contribution in [1.82, 2.24) is 10.3 Å². The van der Waals surface area contributed by atoms with Crippen LogP contribution in [0.1, 0.15) is 42.1 Å². The number of nitrogens with one attached hydrogen (secondary N) is 1. The summed E-state index contributed by atoms with van der Waals surface area (Å²) in [5.41, 5.74) is 1.51. The van der Waals surface area contributed by atoms with Gasteiger partial charge in [0.2, 0.25) is 0 Å². The van der Waals surface area contributed by atoms with Crippen LogP contribution < -0.4 is 5.32 Å². The fraction of sp³-hybridized carbons (Fsp3) is 0.467. The van der Waals surface area contributed by atoms with Gasteiger partial charge in [-0.1, -0.05) is 18.8 Å². The van der Waals surface area contributed by atoms with Gasteiger partial charge in [-0.3, -0.25) is 9.78 Å². The topological polar surface area (TPSA) is 62.2 Å². The number of nitrogens with zero attached hydrogens (tertiary/aromatic N) is 1. The van der Waals surface area contributed by atoms with E-state index in [2.05, 4.69) is 29.1 Å². The van der Waals surface area contributed by atoms with E-state index in [0.29, 0.717) is 29.5 Å². The highest BCUT2D eigenvalue weighted by Crippen LogP contribution is 2.44. The maximum Gasteiger partial charge on any atom is 0.252 e. The molecule has 0 bridgehead atoms. The van der Waals surface area contributed by atoms with Gasteiger partial charge in [0, 0.05) is 30.9 Å². The minimum atomic E-state index is -0.105. The molecule has 1 aliphatic rings. The molecule has 0 atom stereocenters. The van der Waals surface area contributed by atoms with Gasteiger partial charge in [-0.25, -0.2) is 0 Å². The molecule has 4 heteroatoms. The first-order valence-corrected chi connectivity index (χ1v) is 6.46. The number of rotatable bonds is 4. The molecule has 2 N–H and O–H groups in total. The Morgan fingerprint density at radius 1 is 1.53 bits per heavy atom. The molecular weight excluding hydrogens is 240 g/mol. The summed E-state index contributed by atoms with van der Waals surface area (Å²) in [4.78, 5) is 16.0. The fourth-order valence-corrected chi connectivity index (χ4v) is 1.64. The normalized spacial score (nSPS) is 15.3. The average molecular weight is 258 g/mol. The van der Waals surface area contributed by atoms with E-state index in [9.17, 15) is 4.79 Å². The molecule has 2 rings (SSSR count). The van der Waals surface area contributed by atoms with Gasteiger partial charge < -0.3 is 10.4 Å². The predicted octanol–water partition coefficient (Wildman–Crippen LogP) is 1.35. The number of hydrogen-bond donors (Lipinski definition) is 2. The second-order valence-electron chi connectivity index (χ2n) is 5.23. The van der Waals surface area contributed by atoms with E-state index in [0.717, 1.165) is 0 Å². The zero-order chi connectivity index (χ0) is 13.7. The smallest absolute Gasteiger partial charge is 0.252 e. The molecule has 1 heterocycles. The first-order chi connectivity index (χ1) is 9.13. The molecule has 1 saturated carbocycles. The molecule has 0 aliphatic heterocycles. The van der Waals surface area contributed by atoms with Crippen LogP contribution in [0.5, 0.6) is 0 Å². The van der Waals surface area contributed by atoms with Gasteiger partial charge in [0.25, 0.3) is 5.91 Å². The fourth-order valence-electron chi connectivity index (χ4n) is 1.64. The standard InChI is InChI=1S/C15H18N2O2/c1-15(5-6-15)11-17-14(19)13-8-12(9-16-10-13)4-2-3-7-18/h8-10,18H,3,5-7,11H2,1H3,(H,17,19).